The summed E-state index contributed by atoms with van der Waals surface area (Å²) >= 11 is 0. The van der Waals surface area contributed by atoms with Gasteiger partial charge in [0.2, 0.25) is 5.91 Å². The van der Waals surface area contributed by atoms with Crippen molar-refractivity contribution in [2.45, 2.75) is 30.8 Å². The number of pyridine rings is 1. The Balaban J connectivity index is 1.32. The molecule has 2 atom stereocenters. The lowest BCUT2D eigenvalue weighted by Crippen LogP contribution is -2.57. The van der Waals surface area contributed by atoms with E-state index in [2.05, 4.69) is 20.8 Å². The van der Waals surface area contributed by atoms with Crippen LogP contribution in [0.1, 0.15) is 35.4 Å². The van der Waals surface area contributed by atoms with Gasteiger partial charge in [0, 0.05) is 37.5 Å². The highest BCUT2D eigenvalue weighted by atomic mass is 19.1. The van der Waals surface area contributed by atoms with Crippen molar-refractivity contribution in [3.63, 3.8) is 0 Å². The van der Waals surface area contributed by atoms with Crippen LogP contribution in [0.3, 0.4) is 0 Å². The predicted molar refractivity (Wildman–Crippen MR) is 124 cm³/mol. The monoisotopic (exact) mass is 511 g/mol. The number of nitrogens with zero attached hydrogens (tertiary/aromatic N) is 3. The minimum absolute atomic E-state index is 0.0655. The van der Waals surface area contributed by atoms with E-state index in [-0.39, 0.29) is 36.5 Å². The van der Waals surface area contributed by atoms with Crippen molar-refractivity contribution in [3.05, 3.63) is 71.7 Å². The normalized spacial score (nSPS) is 20.2. The fraction of sp³-hybridized carbons (Fsp3) is 0.320. The van der Waals surface area contributed by atoms with Crippen LogP contribution in [0.15, 0.2) is 53.2 Å². The largest absolute Gasteiger partial charge is 0.465 e. The quantitative estimate of drug-likeness (QED) is 0.463. The van der Waals surface area contributed by atoms with Crippen LogP contribution < -0.4 is 10.6 Å². The molecule has 5 rings (SSSR count). The van der Waals surface area contributed by atoms with E-state index in [9.17, 15) is 28.3 Å². The number of hydrogen-bond acceptors (Lipinski definition) is 6. The predicted octanol–water partition coefficient (Wildman–Crippen LogP) is 2.92. The number of amides is 3. The SMILES string of the molecule is O=C(NC1CCN(C(=O)O)CC1C(=O)NC1(c2ccccn2)CC1)c1cc(-c2ccc(F)cc2F)on1. The Bertz CT molecular complexity index is 1340. The number of piperidine rings is 1. The topological polar surface area (TPSA) is 138 Å². The summed E-state index contributed by atoms with van der Waals surface area (Å²) in [7, 11) is 0. The first-order valence-corrected chi connectivity index (χ1v) is 11.7. The van der Waals surface area contributed by atoms with Crippen LogP contribution in [0.2, 0.25) is 0 Å². The highest BCUT2D eigenvalue weighted by molar-refractivity contribution is 5.94. The Kier molecular flexibility index (Phi) is 6.32. The van der Waals surface area contributed by atoms with Gasteiger partial charge in [0.1, 0.15) is 11.6 Å². The molecule has 1 aromatic carbocycles. The molecular formula is C25H23F2N5O5. The molecule has 1 aliphatic heterocycles. The number of hydrogen-bond donors (Lipinski definition) is 3. The van der Waals surface area contributed by atoms with Gasteiger partial charge in [-0.05, 0) is 43.5 Å². The standard InChI is InChI=1S/C25H23F2N5O5/c26-14-4-5-15(17(27)11-14)20-12-19(31-37-20)23(34)29-18-6-10-32(24(35)36)13-16(18)22(33)30-25(7-8-25)21-3-1-2-9-28-21/h1-5,9,11-12,16,18H,6-8,10,13H2,(H,29,34)(H,30,33)(H,35,36). The zero-order chi connectivity index (χ0) is 26.2. The third-order valence-electron chi connectivity index (χ3n) is 6.74. The van der Waals surface area contributed by atoms with Crippen molar-refractivity contribution in [2.75, 3.05) is 13.1 Å². The average molecular weight is 511 g/mol. The van der Waals surface area contributed by atoms with Gasteiger partial charge in [-0.3, -0.25) is 14.6 Å². The molecule has 2 unspecified atom stereocenters. The molecule has 1 aliphatic carbocycles. The summed E-state index contributed by atoms with van der Waals surface area (Å²) in [6, 6.07) is 8.87. The zero-order valence-electron chi connectivity index (χ0n) is 19.5. The van der Waals surface area contributed by atoms with Gasteiger partial charge < -0.3 is 25.2 Å². The van der Waals surface area contributed by atoms with Crippen molar-refractivity contribution in [2.24, 2.45) is 5.92 Å². The molecule has 2 fully saturated rings. The van der Waals surface area contributed by atoms with E-state index < -0.39 is 47.0 Å². The fourth-order valence-electron chi connectivity index (χ4n) is 4.55. The number of nitrogens with one attached hydrogen (secondary N) is 2. The van der Waals surface area contributed by atoms with Gasteiger partial charge in [-0.15, -0.1) is 0 Å². The summed E-state index contributed by atoms with van der Waals surface area (Å²) in [6.07, 6.45) is 2.08. The molecule has 192 valence electrons. The number of halogens is 2. The van der Waals surface area contributed by atoms with Crippen LogP contribution >= 0.6 is 0 Å². The molecule has 3 heterocycles. The first kappa shape index (κ1) is 24.3. The summed E-state index contributed by atoms with van der Waals surface area (Å²) in [5.41, 5.74) is -0.119. The smallest absolute Gasteiger partial charge is 0.407 e. The molecule has 3 amide bonds. The highest BCUT2D eigenvalue weighted by Gasteiger charge is 2.49. The number of benzene rings is 1. The lowest BCUT2D eigenvalue weighted by molar-refractivity contribution is -0.128. The molecule has 0 spiro atoms. The third kappa shape index (κ3) is 4.99. The molecule has 0 radical (unpaired) electrons. The Morgan fingerprint density at radius 3 is 2.62 bits per heavy atom. The number of rotatable bonds is 6. The van der Waals surface area contributed by atoms with E-state index in [4.69, 9.17) is 4.52 Å². The second kappa shape index (κ2) is 9.60. The lowest BCUT2D eigenvalue weighted by atomic mass is 9.90. The third-order valence-corrected chi connectivity index (χ3v) is 6.74. The maximum atomic E-state index is 14.1. The van der Waals surface area contributed by atoms with Crippen molar-refractivity contribution < 1.29 is 32.8 Å². The van der Waals surface area contributed by atoms with Gasteiger partial charge in [0.05, 0.1) is 22.7 Å². The molecule has 1 saturated carbocycles. The van der Waals surface area contributed by atoms with Crippen molar-refractivity contribution in [3.8, 4) is 11.3 Å². The number of carbonyl (C=O) groups excluding carboxylic acids is 2. The van der Waals surface area contributed by atoms with E-state index in [1.165, 1.54) is 12.1 Å². The summed E-state index contributed by atoms with van der Waals surface area (Å²) < 4.78 is 32.4. The second-order valence-electron chi connectivity index (χ2n) is 9.19. The first-order chi connectivity index (χ1) is 17.8. The first-order valence-electron chi connectivity index (χ1n) is 11.7. The van der Waals surface area contributed by atoms with Crippen molar-refractivity contribution >= 4 is 17.9 Å². The summed E-state index contributed by atoms with van der Waals surface area (Å²) in [5, 5.41) is 18.9. The van der Waals surface area contributed by atoms with Crippen molar-refractivity contribution in [1.82, 2.24) is 25.7 Å². The second-order valence-corrected chi connectivity index (χ2v) is 9.19. The maximum Gasteiger partial charge on any atom is 0.407 e. The molecule has 12 heteroatoms. The molecular weight excluding hydrogens is 488 g/mol. The van der Waals surface area contributed by atoms with Gasteiger partial charge in [-0.25, -0.2) is 13.6 Å². The Labute approximate surface area is 209 Å². The number of aromatic nitrogens is 2. The summed E-state index contributed by atoms with van der Waals surface area (Å²) in [6.45, 7) is 0.0234. The molecule has 3 aromatic rings. The van der Waals surface area contributed by atoms with Gasteiger partial charge in [-0.2, -0.15) is 0 Å². The Hall–Kier alpha value is -4.35. The molecule has 0 bridgehead atoms. The minimum Gasteiger partial charge on any atom is -0.465 e. The zero-order valence-corrected chi connectivity index (χ0v) is 19.5. The maximum absolute atomic E-state index is 14.1. The van der Waals surface area contributed by atoms with Gasteiger partial charge in [0.15, 0.2) is 11.5 Å². The molecule has 2 aromatic heterocycles. The molecule has 2 aliphatic rings. The van der Waals surface area contributed by atoms with Gasteiger partial charge in [0.25, 0.3) is 5.91 Å². The summed E-state index contributed by atoms with van der Waals surface area (Å²) in [5.74, 6) is -3.63. The van der Waals surface area contributed by atoms with Crippen LogP contribution in [0.4, 0.5) is 13.6 Å². The van der Waals surface area contributed by atoms with E-state index >= 15 is 0 Å². The number of carboxylic acid groups (broad SMARTS) is 1. The Morgan fingerprint density at radius 1 is 1.14 bits per heavy atom. The van der Waals surface area contributed by atoms with Crippen LogP contribution in [0.25, 0.3) is 11.3 Å². The van der Waals surface area contributed by atoms with Crippen LogP contribution in [0, 0.1) is 17.6 Å². The molecule has 1 saturated heterocycles. The highest BCUT2D eigenvalue weighted by Crippen LogP contribution is 2.44. The van der Waals surface area contributed by atoms with Gasteiger partial charge >= 0.3 is 6.09 Å². The Morgan fingerprint density at radius 2 is 1.95 bits per heavy atom. The molecule has 3 N–H and O–H groups in total. The summed E-state index contributed by atoms with van der Waals surface area (Å²) in [4.78, 5) is 43.4. The van der Waals surface area contributed by atoms with E-state index in [1.807, 2.05) is 12.1 Å². The van der Waals surface area contributed by atoms with Crippen LogP contribution in [-0.2, 0) is 10.3 Å². The average Bonchev–Trinajstić information content (AvgIpc) is 3.49. The van der Waals surface area contributed by atoms with E-state index in [0.717, 1.165) is 16.7 Å². The van der Waals surface area contributed by atoms with E-state index in [0.29, 0.717) is 18.9 Å². The molecule has 10 nitrogen and oxygen atoms in total. The minimum atomic E-state index is -1.16. The van der Waals surface area contributed by atoms with E-state index in [1.54, 1.807) is 12.3 Å². The fourth-order valence-corrected chi connectivity index (χ4v) is 4.55. The van der Waals surface area contributed by atoms with Crippen LogP contribution in [-0.4, -0.2) is 57.2 Å². The van der Waals surface area contributed by atoms with Crippen molar-refractivity contribution in [1.29, 1.82) is 0 Å². The number of carbonyl (C=O) groups is 3. The van der Waals surface area contributed by atoms with Gasteiger partial charge in [-0.1, -0.05) is 11.2 Å². The van der Waals surface area contributed by atoms with Crippen LogP contribution in [0.5, 0.6) is 0 Å². The lowest BCUT2D eigenvalue weighted by Gasteiger charge is -2.37. The molecule has 37 heavy (non-hydrogen) atoms. The number of likely N-dealkylation sites (tertiary alicyclic amines) is 1.